The van der Waals surface area contributed by atoms with Crippen molar-refractivity contribution in [3.05, 3.63) is 0 Å². The number of rotatable bonds is 8. The molecule has 0 radical (unpaired) electrons. The zero-order valence-electron chi connectivity index (χ0n) is 12.1. The summed E-state index contributed by atoms with van der Waals surface area (Å²) in [5.41, 5.74) is -5.06. The minimum Gasteiger partial charge on any atom is -0.481 e. The van der Waals surface area contributed by atoms with Crippen molar-refractivity contribution in [3.63, 3.8) is 0 Å². The maximum atomic E-state index is 11.8. The van der Waals surface area contributed by atoms with Crippen LogP contribution < -0.4 is 0 Å². The molecule has 0 heterocycles. The molecule has 9 heteroatoms. The van der Waals surface area contributed by atoms with E-state index < -0.39 is 40.8 Å². The number of carbonyl (C=O) groups is 4. The Labute approximate surface area is 120 Å². The van der Waals surface area contributed by atoms with Crippen LogP contribution in [0.15, 0.2) is 0 Å². The van der Waals surface area contributed by atoms with E-state index in [0.29, 0.717) is 0 Å². The van der Waals surface area contributed by atoms with Crippen LogP contribution in [0.3, 0.4) is 0 Å². The summed E-state index contributed by atoms with van der Waals surface area (Å²) in [7, 11) is 0.827. The summed E-state index contributed by atoms with van der Waals surface area (Å²) < 4.78 is 9.30. The molecule has 0 saturated heterocycles. The molecule has 0 aromatic heterocycles. The van der Waals surface area contributed by atoms with Gasteiger partial charge in [-0.25, -0.2) is 4.79 Å². The van der Waals surface area contributed by atoms with Gasteiger partial charge in [-0.1, -0.05) is 0 Å². The summed E-state index contributed by atoms with van der Waals surface area (Å²) in [5, 5.41) is 27.8. The first-order valence-electron chi connectivity index (χ1n) is 5.92. The molecule has 2 unspecified atom stereocenters. The van der Waals surface area contributed by atoms with E-state index in [0.717, 1.165) is 21.0 Å². The number of hydrogen-bond acceptors (Lipinski definition) is 6. The third-order valence-corrected chi connectivity index (χ3v) is 3.28. The van der Waals surface area contributed by atoms with Gasteiger partial charge in [0, 0.05) is 7.11 Å². The fourth-order valence-electron chi connectivity index (χ4n) is 2.04. The number of carboxylic acids is 3. The van der Waals surface area contributed by atoms with Crippen molar-refractivity contribution in [1.82, 2.24) is 0 Å². The monoisotopic (exact) mass is 306 g/mol. The summed E-state index contributed by atoms with van der Waals surface area (Å²) in [4.78, 5) is 46.1. The highest BCUT2D eigenvalue weighted by Crippen LogP contribution is 2.41. The molecule has 0 spiro atoms. The summed E-state index contributed by atoms with van der Waals surface area (Å²) in [6.45, 7) is 3.12. The Morgan fingerprint density at radius 3 is 1.76 bits per heavy atom. The van der Waals surface area contributed by atoms with Gasteiger partial charge in [0.15, 0.2) is 5.92 Å². The van der Waals surface area contributed by atoms with E-state index in [1.54, 1.807) is 0 Å². The van der Waals surface area contributed by atoms with Crippen LogP contribution in [0.5, 0.6) is 0 Å². The summed E-state index contributed by atoms with van der Waals surface area (Å²) in [6.07, 6.45) is 0. The van der Waals surface area contributed by atoms with Crippen molar-refractivity contribution in [1.29, 1.82) is 0 Å². The highest BCUT2D eigenvalue weighted by molar-refractivity contribution is 6.04. The summed E-state index contributed by atoms with van der Waals surface area (Å²) in [6, 6.07) is 0. The third-order valence-electron chi connectivity index (χ3n) is 3.28. The fraction of sp³-hybridized carbons (Fsp3) is 0.667. The predicted octanol–water partition coefficient (Wildman–Crippen LogP) is -0.169. The zero-order valence-corrected chi connectivity index (χ0v) is 12.1. The molecule has 0 saturated carbocycles. The maximum absolute atomic E-state index is 11.8. The first-order chi connectivity index (χ1) is 9.50. The van der Waals surface area contributed by atoms with E-state index in [4.69, 9.17) is 4.74 Å². The van der Waals surface area contributed by atoms with Gasteiger partial charge >= 0.3 is 23.9 Å². The summed E-state index contributed by atoms with van der Waals surface area (Å²) >= 11 is 0. The molecule has 0 amide bonds. The smallest absolute Gasteiger partial charge is 0.338 e. The molecular formula is C12H18O9. The van der Waals surface area contributed by atoms with E-state index in [2.05, 4.69) is 4.74 Å². The lowest BCUT2D eigenvalue weighted by Gasteiger charge is -2.41. The van der Waals surface area contributed by atoms with Crippen LogP contribution >= 0.6 is 0 Å². The Balaban J connectivity index is 6.35. The van der Waals surface area contributed by atoms with Gasteiger partial charge in [0.1, 0.15) is 5.41 Å². The Morgan fingerprint density at radius 1 is 1.05 bits per heavy atom. The van der Waals surface area contributed by atoms with Gasteiger partial charge in [-0.2, -0.15) is 0 Å². The molecule has 0 aliphatic rings. The quantitative estimate of drug-likeness (QED) is 0.410. The van der Waals surface area contributed by atoms with Crippen molar-refractivity contribution in [2.45, 2.75) is 26.4 Å². The van der Waals surface area contributed by atoms with E-state index in [-0.39, 0.29) is 6.61 Å². The number of hydrogen-bond donors (Lipinski definition) is 3. The lowest BCUT2D eigenvalue weighted by atomic mass is 9.67. The van der Waals surface area contributed by atoms with Gasteiger partial charge in [-0.3, -0.25) is 14.4 Å². The summed E-state index contributed by atoms with van der Waals surface area (Å²) in [5.74, 6) is -9.11. The van der Waals surface area contributed by atoms with Crippen LogP contribution in [0, 0.1) is 11.3 Å². The second-order valence-corrected chi connectivity index (χ2v) is 4.70. The topological polar surface area (TPSA) is 147 Å². The van der Waals surface area contributed by atoms with Crippen LogP contribution in [0.2, 0.25) is 0 Å². The van der Waals surface area contributed by atoms with Crippen LogP contribution in [0.1, 0.15) is 20.8 Å². The molecule has 2 atom stereocenters. The molecule has 3 N–H and O–H groups in total. The van der Waals surface area contributed by atoms with E-state index in [9.17, 15) is 34.5 Å². The number of carboxylic acid groups (broad SMARTS) is 3. The Hall–Kier alpha value is -2.16. The molecule has 9 nitrogen and oxygen atoms in total. The van der Waals surface area contributed by atoms with Crippen molar-refractivity contribution in [2.24, 2.45) is 11.3 Å². The number of esters is 1. The molecule has 0 aliphatic heterocycles. The number of carbonyl (C=O) groups excluding carboxylic acids is 1. The lowest BCUT2D eigenvalue weighted by molar-refractivity contribution is -0.211. The predicted molar refractivity (Wildman–Crippen MR) is 66.6 cm³/mol. The standard InChI is InChI=1S/C12H18O9/c1-5-21-8(15)6(7(13)14)12(20-4,10(18)19)11(2,3)9(16)17/h6H,5H2,1-4H3,(H,13,14)(H,16,17)(H,18,19). The van der Waals surface area contributed by atoms with Gasteiger partial charge in [0.25, 0.3) is 0 Å². The molecule has 0 bridgehead atoms. The van der Waals surface area contributed by atoms with Gasteiger partial charge in [0.2, 0.25) is 5.60 Å². The Morgan fingerprint density at radius 2 is 1.52 bits per heavy atom. The van der Waals surface area contributed by atoms with Crippen LogP contribution in [0.25, 0.3) is 0 Å². The molecule has 0 rings (SSSR count). The van der Waals surface area contributed by atoms with E-state index in [1.807, 2.05) is 0 Å². The average molecular weight is 306 g/mol. The van der Waals surface area contributed by atoms with Crippen LogP contribution in [0.4, 0.5) is 0 Å². The number of ether oxygens (including phenoxy) is 2. The molecule has 21 heavy (non-hydrogen) atoms. The highest BCUT2D eigenvalue weighted by atomic mass is 16.6. The SMILES string of the molecule is CCOC(=O)C(C(=O)O)C(OC)(C(=O)O)C(C)(C)C(=O)O. The average Bonchev–Trinajstić information content (AvgIpc) is 2.34. The van der Waals surface area contributed by atoms with Crippen molar-refractivity contribution < 1.29 is 44.0 Å². The van der Waals surface area contributed by atoms with Crippen molar-refractivity contribution >= 4 is 23.9 Å². The normalized spacial score (nSPS) is 15.6. The van der Waals surface area contributed by atoms with Gasteiger partial charge in [-0.05, 0) is 20.8 Å². The molecule has 0 aliphatic carbocycles. The van der Waals surface area contributed by atoms with E-state index >= 15 is 0 Å². The first kappa shape index (κ1) is 18.8. The zero-order chi connectivity index (χ0) is 17.0. The molecule has 120 valence electrons. The second-order valence-electron chi connectivity index (χ2n) is 4.70. The minimum atomic E-state index is -2.84. The first-order valence-corrected chi connectivity index (χ1v) is 5.92. The molecule has 0 fully saturated rings. The van der Waals surface area contributed by atoms with Gasteiger partial charge < -0.3 is 24.8 Å². The Kier molecular flexibility index (Phi) is 5.86. The largest absolute Gasteiger partial charge is 0.481 e. The number of methoxy groups -OCH3 is 1. The molecular weight excluding hydrogens is 288 g/mol. The fourth-order valence-corrected chi connectivity index (χ4v) is 2.04. The minimum absolute atomic E-state index is 0.199. The van der Waals surface area contributed by atoms with Gasteiger partial charge in [-0.15, -0.1) is 0 Å². The third kappa shape index (κ3) is 2.97. The molecule has 0 aromatic rings. The highest BCUT2D eigenvalue weighted by Gasteiger charge is 2.66. The molecule has 0 aromatic carbocycles. The lowest BCUT2D eigenvalue weighted by Crippen LogP contribution is -2.65. The second kappa shape index (κ2) is 6.53. The maximum Gasteiger partial charge on any atom is 0.338 e. The van der Waals surface area contributed by atoms with Crippen molar-refractivity contribution in [2.75, 3.05) is 13.7 Å². The Bertz CT molecular complexity index is 454. The van der Waals surface area contributed by atoms with Crippen LogP contribution in [-0.2, 0) is 28.7 Å². The number of aliphatic carboxylic acids is 3. The van der Waals surface area contributed by atoms with Crippen molar-refractivity contribution in [3.8, 4) is 0 Å². The van der Waals surface area contributed by atoms with E-state index in [1.165, 1.54) is 6.92 Å². The van der Waals surface area contributed by atoms with Crippen LogP contribution in [-0.4, -0.2) is 58.5 Å². The van der Waals surface area contributed by atoms with Gasteiger partial charge in [0.05, 0.1) is 6.61 Å².